The van der Waals surface area contributed by atoms with Gasteiger partial charge in [0.25, 0.3) is 10.1 Å². The van der Waals surface area contributed by atoms with Gasteiger partial charge in [-0.15, -0.1) is 0 Å². The van der Waals surface area contributed by atoms with Gasteiger partial charge in [-0.05, 0) is 47.5 Å². The van der Waals surface area contributed by atoms with Crippen LogP contribution in [0.3, 0.4) is 0 Å². The molecule has 0 aromatic heterocycles. The van der Waals surface area contributed by atoms with Crippen LogP contribution in [-0.4, -0.2) is 116 Å². The summed E-state index contributed by atoms with van der Waals surface area (Å²) in [7, 11) is -14.5. The molecule has 0 saturated carbocycles. The van der Waals surface area contributed by atoms with E-state index < -0.39 is 90.5 Å². The predicted octanol–water partition coefficient (Wildman–Crippen LogP) is 4.18. The number of carbonyl (C=O) groups excluding carboxylic acids is 2. The minimum absolute atomic E-state index is 0. The molecule has 2 radical (unpaired) electrons. The maximum Gasteiger partial charge on any atom is 0.264 e. The first kappa shape index (κ1) is 78.7. The van der Waals surface area contributed by atoms with Gasteiger partial charge in [-0.1, -0.05) is 88.5 Å². The van der Waals surface area contributed by atoms with Crippen molar-refractivity contribution >= 4 is 84.6 Å². The molecule has 0 N–H and O–H groups in total. The molecule has 0 amide bonds. The molecule has 0 bridgehead atoms. The first-order valence-electron chi connectivity index (χ1n) is 16.2. The molecule has 0 heterocycles. The van der Waals surface area contributed by atoms with Gasteiger partial charge in [0.15, 0.2) is 26.7 Å². The van der Waals surface area contributed by atoms with E-state index in [9.17, 15) is 60.1 Å². The minimum atomic E-state index is -3.22. The molecule has 0 aromatic rings. The number of sulfone groups is 2. The standard InChI is InChI=1S/C8H14O3S.C7H12O5S2.C4H10O3S.2C4H10O2S.C4H10OS.CH4.2Y/c1-6(2)8(9)7(3)5-12(4,10)11;1-5(2)7(8)6(3-13(9)10)4-14(11)12;1-4(2)7-8(3,5)6;1-4(2)7(3,5)6;1-4(2)6-7(3)5;1-4(2)6(3)5;;;/h6H,3,5H2,1-2,4H3;5-6H,3-4H2,1-2H3;4H,1-3H3;2*4H,1-3H3;4H,1-3H3;1H4;;/q;-2;;;;;;;. The summed E-state index contributed by atoms with van der Waals surface area (Å²) in [6.07, 6.45) is 6.41. The topological polar surface area (TPSA) is 257 Å². The molecule has 0 aliphatic carbocycles. The smallest absolute Gasteiger partial charge is 0.264 e. The van der Waals surface area contributed by atoms with Crippen LogP contribution in [0.4, 0.5) is 0 Å². The SMILES string of the molecule is C.C=C(CS(C)(=O)=O)C(=O)C(C)C.CC(C)C(=O)C(C[S-](=O)=O)C[S-](=O)=O.CC(C)OS(C)(=O)=O.CC(C)OS(C)=O.CC(C)S(C)(=O)=O.CC(C)S(C)=O.[Y].[Y]. The summed E-state index contributed by atoms with van der Waals surface area (Å²) in [5, 5.41) is 0.0949. The summed E-state index contributed by atoms with van der Waals surface area (Å²) >= 11 is -1.10. The van der Waals surface area contributed by atoms with E-state index in [-0.39, 0.29) is 125 Å². The second-order valence-corrected chi connectivity index (χ2v) is 24.4. The quantitative estimate of drug-likeness (QED) is 0.119. The van der Waals surface area contributed by atoms with E-state index in [0.29, 0.717) is 5.25 Å². The number of carbonyl (C=O) groups is 2. The van der Waals surface area contributed by atoms with Crippen LogP contribution in [0.1, 0.15) is 90.5 Å². The molecule has 2 unspecified atom stereocenters. The Labute approximate surface area is 405 Å². The Balaban J connectivity index is -0.0000000705. The predicted molar refractivity (Wildman–Crippen MR) is 227 cm³/mol. The molecule has 0 spiro atoms. The third-order valence-electron chi connectivity index (χ3n) is 5.17. The number of rotatable bonds is 16. The molecular formula is C32H70O16S7Y2-2. The molecule has 0 aliphatic heterocycles. The van der Waals surface area contributed by atoms with Crippen molar-refractivity contribution in [2.45, 2.75) is 113 Å². The summed E-state index contributed by atoms with van der Waals surface area (Å²) < 4.78 is 134. The van der Waals surface area contributed by atoms with Crippen molar-refractivity contribution in [2.75, 3.05) is 48.5 Å². The fourth-order valence-corrected chi connectivity index (χ4v) is 5.82. The molecule has 0 aromatic carbocycles. The molecule has 0 fully saturated rings. The number of ketones is 2. The summed E-state index contributed by atoms with van der Waals surface area (Å²) in [5.74, 6) is -3.07. The average molecular weight is 1110 g/mol. The Morgan fingerprint density at radius 3 is 1.09 bits per heavy atom. The minimum Gasteiger partial charge on any atom is -0.424 e. The normalized spacial score (nSPS) is 12.1. The molecule has 0 saturated heterocycles. The van der Waals surface area contributed by atoms with Crippen molar-refractivity contribution in [2.24, 2.45) is 17.8 Å². The van der Waals surface area contributed by atoms with Gasteiger partial charge < -0.3 is 16.8 Å². The number of hydrogen-bond acceptors (Lipinski definition) is 18. The zero-order chi connectivity index (χ0) is 45.1. The third-order valence-corrected chi connectivity index (χ3v) is 11.8. The maximum atomic E-state index is 11.4. The van der Waals surface area contributed by atoms with Crippen molar-refractivity contribution in [3.8, 4) is 0 Å². The first-order chi connectivity index (χ1) is 23.7. The van der Waals surface area contributed by atoms with Crippen molar-refractivity contribution in [3.05, 3.63) is 12.2 Å². The summed E-state index contributed by atoms with van der Waals surface area (Å²) in [4.78, 5) is 22.5. The van der Waals surface area contributed by atoms with Crippen LogP contribution in [0.2, 0.25) is 0 Å². The summed E-state index contributed by atoms with van der Waals surface area (Å²) in [6, 6.07) is 0. The zero-order valence-electron chi connectivity index (χ0n) is 35.9. The first-order valence-corrected chi connectivity index (χ1v) is 27.6. The van der Waals surface area contributed by atoms with Gasteiger partial charge in [0.2, 0.25) is 0 Å². The van der Waals surface area contributed by atoms with Crippen LogP contribution in [-0.2, 0) is 173 Å². The average Bonchev–Trinajstić information content (AvgIpc) is 2.89. The number of Topliss-reactive ketones (excluding diaryl/α,β-unsaturated/α-hetero) is 2. The van der Waals surface area contributed by atoms with Gasteiger partial charge in [0.05, 0.1) is 29.5 Å². The van der Waals surface area contributed by atoms with Crippen molar-refractivity contribution in [3.63, 3.8) is 0 Å². The Morgan fingerprint density at radius 2 is 0.982 bits per heavy atom. The monoisotopic (exact) mass is 1110 g/mol. The second-order valence-electron chi connectivity index (χ2n) is 13.2. The molecule has 16 nitrogen and oxygen atoms in total. The van der Waals surface area contributed by atoms with E-state index in [1.54, 1.807) is 61.6 Å². The van der Waals surface area contributed by atoms with Crippen LogP contribution in [0.25, 0.3) is 0 Å². The molecule has 0 aliphatic rings. The van der Waals surface area contributed by atoms with Crippen molar-refractivity contribution in [1.29, 1.82) is 0 Å². The van der Waals surface area contributed by atoms with Crippen LogP contribution < -0.4 is 0 Å². The van der Waals surface area contributed by atoms with Gasteiger partial charge in [-0.3, -0.25) is 22.2 Å². The largest absolute Gasteiger partial charge is 0.424 e. The van der Waals surface area contributed by atoms with Crippen LogP contribution in [0.15, 0.2) is 12.2 Å². The van der Waals surface area contributed by atoms with E-state index in [0.717, 1.165) is 12.5 Å². The maximum absolute atomic E-state index is 11.4. The van der Waals surface area contributed by atoms with E-state index >= 15 is 0 Å². The molecule has 2 atom stereocenters. The van der Waals surface area contributed by atoms with Crippen LogP contribution in [0, 0.1) is 17.8 Å². The van der Waals surface area contributed by atoms with E-state index in [1.165, 1.54) is 12.5 Å². The van der Waals surface area contributed by atoms with Gasteiger partial charge in [-0.2, -0.15) is 8.42 Å². The third kappa shape index (κ3) is 72.1. The van der Waals surface area contributed by atoms with Gasteiger partial charge in [0, 0.05) is 124 Å². The molecule has 0 rings (SSSR count). The Kier molecular flexibility index (Phi) is 57.0. The second kappa shape index (κ2) is 41.3. The van der Waals surface area contributed by atoms with Crippen LogP contribution in [0.5, 0.6) is 0 Å². The Bertz CT molecular complexity index is 1590. The summed E-state index contributed by atoms with van der Waals surface area (Å²) in [6.45, 7) is 24.3. The molecular weight excluding hydrogens is 1040 g/mol. The van der Waals surface area contributed by atoms with Crippen LogP contribution >= 0.6 is 0 Å². The Morgan fingerprint density at radius 1 is 0.667 bits per heavy atom. The van der Waals surface area contributed by atoms with Crippen molar-refractivity contribution < 1.29 is 134 Å². The van der Waals surface area contributed by atoms with Gasteiger partial charge >= 0.3 is 0 Å². The zero-order valence-corrected chi connectivity index (χ0v) is 47.3. The van der Waals surface area contributed by atoms with E-state index in [1.807, 2.05) is 27.7 Å². The van der Waals surface area contributed by atoms with Crippen molar-refractivity contribution in [1.82, 2.24) is 0 Å². The molecule has 344 valence electrons. The van der Waals surface area contributed by atoms with Gasteiger partial charge in [-0.25, -0.2) is 21.0 Å². The van der Waals surface area contributed by atoms with E-state index in [4.69, 9.17) is 4.18 Å². The molecule has 25 heteroatoms. The van der Waals surface area contributed by atoms with E-state index in [2.05, 4.69) is 10.8 Å². The fourth-order valence-electron chi connectivity index (χ4n) is 2.43. The summed E-state index contributed by atoms with van der Waals surface area (Å²) in [5.41, 5.74) is 0.174. The fraction of sp³-hybridized carbons (Fsp3) is 0.875. The van der Waals surface area contributed by atoms with Gasteiger partial charge in [0.1, 0.15) is 15.6 Å². The molecule has 57 heavy (non-hydrogen) atoms. The Hall–Kier alpha value is 1.26. The number of hydrogen-bond donors (Lipinski definition) is 0.